The van der Waals surface area contributed by atoms with Crippen molar-refractivity contribution >= 4 is 33.2 Å². The highest BCUT2D eigenvalue weighted by Gasteiger charge is 2.39. The van der Waals surface area contributed by atoms with E-state index in [1.54, 1.807) is 6.07 Å². The maximum Gasteiger partial charge on any atom is 0.261 e. The zero-order valence-electron chi connectivity index (χ0n) is 9.40. The van der Waals surface area contributed by atoms with Crippen LogP contribution in [-0.4, -0.2) is 35.9 Å². The number of aliphatic hydroxyl groups is 1. The van der Waals surface area contributed by atoms with E-state index in [1.165, 1.54) is 11.3 Å². The summed E-state index contributed by atoms with van der Waals surface area (Å²) in [6, 6.07) is 3.58. The summed E-state index contributed by atoms with van der Waals surface area (Å²) in [5.74, 6) is -0.159. The molecule has 0 aliphatic carbocycles. The van der Waals surface area contributed by atoms with Crippen LogP contribution in [0.25, 0.3) is 0 Å². The first-order valence-electron chi connectivity index (χ1n) is 5.39. The average molecular weight is 320 g/mol. The minimum atomic E-state index is -0.940. The minimum Gasteiger partial charge on any atom is -0.385 e. The van der Waals surface area contributed by atoms with E-state index in [1.807, 2.05) is 13.0 Å². The van der Waals surface area contributed by atoms with Gasteiger partial charge in [0, 0.05) is 19.6 Å². The third-order valence-corrected chi connectivity index (χ3v) is 4.63. The molecule has 1 amide bonds. The molecule has 2 unspecified atom stereocenters. The van der Waals surface area contributed by atoms with Gasteiger partial charge in [-0.05, 0) is 35.0 Å². The summed E-state index contributed by atoms with van der Waals surface area (Å²) < 4.78 is 6.22. The van der Waals surface area contributed by atoms with Gasteiger partial charge in [-0.1, -0.05) is 0 Å². The van der Waals surface area contributed by atoms with E-state index < -0.39 is 5.60 Å². The molecule has 1 aromatic heterocycles. The molecule has 1 fully saturated rings. The van der Waals surface area contributed by atoms with Crippen molar-refractivity contribution in [2.75, 3.05) is 13.2 Å². The van der Waals surface area contributed by atoms with Crippen LogP contribution in [0.5, 0.6) is 0 Å². The van der Waals surface area contributed by atoms with Gasteiger partial charge in [0.1, 0.15) is 5.60 Å². The molecule has 94 valence electrons. The van der Waals surface area contributed by atoms with Gasteiger partial charge in [0.15, 0.2) is 0 Å². The lowest BCUT2D eigenvalue weighted by atomic mass is 9.97. The van der Waals surface area contributed by atoms with Crippen molar-refractivity contribution in [3.05, 3.63) is 20.8 Å². The normalized spacial score (nSPS) is 28.3. The van der Waals surface area contributed by atoms with Crippen molar-refractivity contribution in [1.29, 1.82) is 0 Å². The standard InChI is InChI=1S/C11H14BrNO3S/c1-7-11(15,4-5-16-7)6-13-10(14)8-2-3-9(12)17-8/h2-3,7,15H,4-6H2,1H3,(H,13,14). The Kier molecular flexibility index (Phi) is 3.87. The van der Waals surface area contributed by atoms with Crippen LogP contribution in [0.15, 0.2) is 15.9 Å². The van der Waals surface area contributed by atoms with Gasteiger partial charge in [-0.3, -0.25) is 4.79 Å². The molecule has 4 nitrogen and oxygen atoms in total. The van der Waals surface area contributed by atoms with E-state index in [9.17, 15) is 9.90 Å². The average Bonchev–Trinajstić information content (AvgIpc) is 2.84. The Labute approximate surface area is 112 Å². The van der Waals surface area contributed by atoms with Crippen LogP contribution in [0.2, 0.25) is 0 Å². The molecule has 2 atom stereocenters. The zero-order chi connectivity index (χ0) is 12.5. The van der Waals surface area contributed by atoms with Gasteiger partial charge in [0.25, 0.3) is 5.91 Å². The Bertz CT molecular complexity index is 423. The number of ether oxygens (including phenoxy) is 1. The second kappa shape index (κ2) is 5.06. The topological polar surface area (TPSA) is 58.6 Å². The molecule has 1 aliphatic rings. The molecule has 2 N–H and O–H groups in total. The van der Waals surface area contributed by atoms with E-state index in [0.29, 0.717) is 17.9 Å². The van der Waals surface area contributed by atoms with E-state index in [2.05, 4.69) is 21.2 Å². The Morgan fingerprint density at radius 2 is 2.53 bits per heavy atom. The second-order valence-electron chi connectivity index (χ2n) is 4.15. The zero-order valence-corrected chi connectivity index (χ0v) is 11.8. The van der Waals surface area contributed by atoms with E-state index >= 15 is 0 Å². The van der Waals surface area contributed by atoms with Crippen molar-refractivity contribution in [3.8, 4) is 0 Å². The van der Waals surface area contributed by atoms with Crippen molar-refractivity contribution < 1.29 is 14.6 Å². The monoisotopic (exact) mass is 319 g/mol. The molecule has 2 heterocycles. The summed E-state index contributed by atoms with van der Waals surface area (Å²) in [6.45, 7) is 2.58. The number of nitrogens with one attached hydrogen (secondary N) is 1. The van der Waals surface area contributed by atoms with Crippen LogP contribution in [0, 0.1) is 0 Å². The van der Waals surface area contributed by atoms with Gasteiger partial charge in [0.2, 0.25) is 0 Å². The molecule has 0 bridgehead atoms. The van der Waals surface area contributed by atoms with Gasteiger partial charge >= 0.3 is 0 Å². The fraction of sp³-hybridized carbons (Fsp3) is 0.545. The van der Waals surface area contributed by atoms with Gasteiger partial charge in [-0.15, -0.1) is 11.3 Å². The number of amides is 1. The summed E-state index contributed by atoms with van der Waals surface area (Å²) in [5, 5.41) is 13.0. The highest BCUT2D eigenvalue weighted by atomic mass is 79.9. The molecular formula is C11H14BrNO3S. The Morgan fingerprint density at radius 1 is 1.76 bits per heavy atom. The van der Waals surface area contributed by atoms with Crippen molar-refractivity contribution in [1.82, 2.24) is 5.32 Å². The predicted molar refractivity (Wildman–Crippen MR) is 69.3 cm³/mol. The summed E-state index contributed by atoms with van der Waals surface area (Å²) in [6.07, 6.45) is 0.320. The largest absolute Gasteiger partial charge is 0.385 e. The molecule has 1 aliphatic heterocycles. The summed E-state index contributed by atoms with van der Waals surface area (Å²) in [5.41, 5.74) is -0.940. The third-order valence-electron chi connectivity index (χ3n) is 3.01. The number of rotatable bonds is 3. The lowest BCUT2D eigenvalue weighted by Crippen LogP contribution is -2.47. The maximum atomic E-state index is 11.8. The lowest BCUT2D eigenvalue weighted by Gasteiger charge is -2.25. The summed E-state index contributed by atoms with van der Waals surface area (Å²) in [4.78, 5) is 12.4. The third kappa shape index (κ3) is 2.88. The first-order chi connectivity index (χ1) is 8.01. The molecule has 17 heavy (non-hydrogen) atoms. The van der Waals surface area contributed by atoms with Gasteiger partial charge in [0.05, 0.1) is 14.8 Å². The highest BCUT2D eigenvalue weighted by Crippen LogP contribution is 2.25. The fourth-order valence-electron chi connectivity index (χ4n) is 1.76. The molecule has 1 saturated heterocycles. The number of hydrogen-bond acceptors (Lipinski definition) is 4. The van der Waals surface area contributed by atoms with Crippen LogP contribution < -0.4 is 5.32 Å². The quantitative estimate of drug-likeness (QED) is 0.892. The number of thiophene rings is 1. The molecule has 6 heteroatoms. The van der Waals surface area contributed by atoms with E-state index in [0.717, 1.165) is 3.79 Å². The van der Waals surface area contributed by atoms with Gasteiger partial charge in [-0.2, -0.15) is 0 Å². The number of hydrogen-bond donors (Lipinski definition) is 2. The molecule has 2 rings (SSSR count). The van der Waals surface area contributed by atoms with Crippen LogP contribution in [-0.2, 0) is 4.74 Å². The SMILES string of the molecule is CC1OCCC1(O)CNC(=O)c1ccc(Br)s1. The molecule has 0 spiro atoms. The number of halogens is 1. The molecule has 0 saturated carbocycles. The molecule has 0 radical (unpaired) electrons. The Balaban J connectivity index is 1.92. The van der Waals surface area contributed by atoms with Crippen molar-refractivity contribution in [2.45, 2.75) is 25.0 Å². The first-order valence-corrected chi connectivity index (χ1v) is 7.00. The van der Waals surface area contributed by atoms with E-state index in [-0.39, 0.29) is 18.6 Å². The first kappa shape index (κ1) is 13.0. The van der Waals surface area contributed by atoms with E-state index in [4.69, 9.17) is 4.74 Å². The van der Waals surface area contributed by atoms with Crippen LogP contribution in [0.4, 0.5) is 0 Å². The lowest BCUT2D eigenvalue weighted by molar-refractivity contribution is -0.0251. The van der Waals surface area contributed by atoms with Crippen LogP contribution in [0.1, 0.15) is 23.0 Å². The van der Waals surface area contributed by atoms with Gasteiger partial charge in [-0.25, -0.2) is 0 Å². The molecular weight excluding hydrogens is 306 g/mol. The van der Waals surface area contributed by atoms with Crippen molar-refractivity contribution in [3.63, 3.8) is 0 Å². The smallest absolute Gasteiger partial charge is 0.261 e. The van der Waals surface area contributed by atoms with Gasteiger partial charge < -0.3 is 15.2 Å². The predicted octanol–water partition coefficient (Wildman–Crippen LogP) is 1.78. The minimum absolute atomic E-state index is 0.159. The maximum absolute atomic E-state index is 11.8. The van der Waals surface area contributed by atoms with Crippen LogP contribution >= 0.6 is 27.3 Å². The van der Waals surface area contributed by atoms with Crippen LogP contribution in [0.3, 0.4) is 0 Å². The Morgan fingerprint density at radius 3 is 3.06 bits per heavy atom. The Hall–Kier alpha value is -0.430. The number of carbonyl (C=O) groups is 1. The fourth-order valence-corrected chi connectivity index (χ4v) is 3.06. The number of carbonyl (C=O) groups excluding carboxylic acids is 1. The molecule has 0 aromatic carbocycles. The summed E-state index contributed by atoms with van der Waals surface area (Å²) >= 11 is 4.68. The molecule has 1 aromatic rings. The second-order valence-corrected chi connectivity index (χ2v) is 6.62. The van der Waals surface area contributed by atoms with Crippen molar-refractivity contribution in [2.24, 2.45) is 0 Å². The highest BCUT2D eigenvalue weighted by molar-refractivity contribution is 9.11. The summed E-state index contributed by atoms with van der Waals surface area (Å²) in [7, 11) is 0.